The number of pyridine rings is 2. The summed E-state index contributed by atoms with van der Waals surface area (Å²) in [5, 5.41) is 5.57. The van der Waals surface area contributed by atoms with E-state index in [0.717, 1.165) is 32.3 Å². The molecule has 2 N–H and O–H groups in total. The van der Waals surface area contributed by atoms with Gasteiger partial charge in [-0.05, 0) is 107 Å². The lowest BCUT2D eigenvalue weighted by atomic mass is 9.89. The van der Waals surface area contributed by atoms with Crippen molar-refractivity contribution in [3.63, 3.8) is 0 Å². The first-order chi connectivity index (χ1) is 38.5. The van der Waals surface area contributed by atoms with Gasteiger partial charge >= 0.3 is 23.9 Å². The predicted molar refractivity (Wildman–Crippen MR) is 288 cm³/mol. The topological polar surface area (TPSA) is 254 Å². The van der Waals surface area contributed by atoms with Crippen LogP contribution in [0.15, 0.2) is 48.7 Å². The summed E-state index contributed by atoms with van der Waals surface area (Å²) in [4.78, 5) is 90.8. The molecule has 3 aromatic rings. The zero-order chi connectivity index (χ0) is 57.3. The molecule has 7 rings (SSSR count). The number of benzene rings is 1. The van der Waals surface area contributed by atoms with Crippen LogP contribution in [0.25, 0.3) is 0 Å². The van der Waals surface area contributed by atoms with Gasteiger partial charge in [0.1, 0.15) is 36.1 Å². The average Bonchev–Trinajstić information content (AvgIpc) is 4.42. The maximum atomic E-state index is 14.3. The molecule has 2 saturated heterocycles. The largest absolute Gasteiger partial charge is 0.493 e. The highest BCUT2D eigenvalue weighted by Gasteiger charge is 2.38. The number of nitrogens with one attached hydrogen (secondary N) is 2. The van der Waals surface area contributed by atoms with Gasteiger partial charge < -0.3 is 62.7 Å². The van der Waals surface area contributed by atoms with E-state index < -0.39 is 91.5 Å². The van der Waals surface area contributed by atoms with E-state index in [1.54, 1.807) is 27.7 Å². The normalized spacial score (nSPS) is 23.9. The van der Waals surface area contributed by atoms with Gasteiger partial charge in [0.25, 0.3) is 11.8 Å². The van der Waals surface area contributed by atoms with Crippen molar-refractivity contribution in [3.8, 4) is 28.7 Å². The van der Waals surface area contributed by atoms with Crippen molar-refractivity contribution in [1.82, 2.24) is 20.6 Å². The molecule has 21 nitrogen and oxygen atoms in total. The Balaban J connectivity index is 0.999. The number of hydrogen-bond acceptors (Lipinski definition) is 19. The first-order valence-electron chi connectivity index (χ1n) is 28.2. The van der Waals surface area contributed by atoms with E-state index in [4.69, 9.17) is 52.1 Å². The first kappa shape index (κ1) is 60.9. The van der Waals surface area contributed by atoms with E-state index in [0.29, 0.717) is 56.5 Å². The van der Waals surface area contributed by atoms with E-state index in [9.17, 15) is 28.8 Å². The second-order valence-electron chi connectivity index (χ2n) is 21.8. The molecule has 2 aliphatic heterocycles. The average molecular weight is 1120 g/mol. The molecule has 2 aliphatic carbocycles. The number of amides is 2. The van der Waals surface area contributed by atoms with E-state index in [1.165, 1.54) is 45.4 Å². The quantitative estimate of drug-likeness (QED) is 0.0341. The SMILES string of the molecule is COc1cc(CC(C)C(=O)OCOc2c(OC)ccnc2C(=O)NC2CCCC(CCOCC3CC3)C(OCC3CC3)C(C)OC2=O)nc(C(=O)NC2CCCC(C)C(Oc3ccccc3)C(C)OC2=O)c1OCOC(=O)C(C)C. The van der Waals surface area contributed by atoms with Crippen molar-refractivity contribution in [2.45, 2.75) is 155 Å². The Hall–Kier alpha value is -6.74. The predicted octanol–water partition coefficient (Wildman–Crippen LogP) is 7.53. The molecular formula is C59H80N4O17. The molecular weight excluding hydrogens is 1040 g/mol. The molecule has 1 aromatic carbocycles. The van der Waals surface area contributed by atoms with Crippen LogP contribution >= 0.6 is 0 Å². The van der Waals surface area contributed by atoms with Gasteiger partial charge in [0.2, 0.25) is 13.6 Å². The maximum absolute atomic E-state index is 14.3. The molecule has 438 valence electrons. The van der Waals surface area contributed by atoms with Gasteiger partial charge in [-0.1, -0.05) is 58.7 Å². The fourth-order valence-corrected chi connectivity index (χ4v) is 9.77. The Morgan fingerprint density at radius 2 is 1.27 bits per heavy atom. The van der Waals surface area contributed by atoms with Crippen LogP contribution < -0.4 is 34.3 Å². The van der Waals surface area contributed by atoms with E-state index in [2.05, 4.69) is 20.6 Å². The number of rotatable bonds is 26. The molecule has 4 fully saturated rings. The number of cyclic esters (lactones) is 2. The number of esters is 4. The second kappa shape index (κ2) is 29.6. The Kier molecular flexibility index (Phi) is 22.6. The summed E-state index contributed by atoms with van der Waals surface area (Å²) in [5.41, 5.74) is -0.335. The van der Waals surface area contributed by atoms with Gasteiger partial charge in [-0.15, -0.1) is 0 Å². The molecule has 9 unspecified atom stereocenters. The number of aromatic nitrogens is 2. The Bertz CT molecular complexity index is 2560. The molecule has 2 saturated carbocycles. The molecule has 4 heterocycles. The summed E-state index contributed by atoms with van der Waals surface area (Å²) in [5.74, 6) is -3.79. The van der Waals surface area contributed by atoms with Gasteiger partial charge in [0.15, 0.2) is 34.4 Å². The summed E-state index contributed by atoms with van der Waals surface area (Å²) < 4.78 is 64.4. The highest BCUT2D eigenvalue weighted by Crippen LogP contribution is 2.36. The van der Waals surface area contributed by atoms with Crippen LogP contribution in [0.5, 0.6) is 28.7 Å². The molecule has 21 heteroatoms. The Morgan fingerprint density at radius 3 is 1.90 bits per heavy atom. The highest BCUT2D eigenvalue weighted by molar-refractivity contribution is 5.99. The lowest BCUT2D eigenvalue weighted by Gasteiger charge is -2.31. The van der Waals surface area contributed by atoms with Crippen molar-refractivity contribution in [2.75, 3.05) is 47.6 Å². The lowest BCUT2D eigenvalue weighted by Crippen LogP contribution is -2.45. The molecule has 0 radical (unpaired) electrons. The number of methoxy groups -OCH3 is 2. The van der Waals surface area contributed by atoms with E-state index in [1.807, 2.05) is 44.2 Å². The van der Waals surface area contributed by atoms with Crippen LogP contribution in [-0.4, -0.2) is 130 Å². The number of para-hydroxylation sites is 1. The molecule has 4 aliphatic rings. The van der Waals surface area contributed by atoms with Gasteiger partial charge in [0, 0.05) is 50.3 Å². The molecule has 80 heavy (non-hydrogen) atoms. The third kappa shape index (κ3) is 17.6. The van der Waals surface area contributed by atoms with E-state index >= 15 is 0 Å². The van der Waals surface area contributed by atoms with Crippen molar-refractivity contribution < 1.29 is 80.9 Å². The highest BCUT2D eigenvalue weighted by atomic mass is 16.7. The molecule has 0 spiro atoms. The van der Waals surface area contributed by atoms with Crippen LogP contribution in [0, 0.1) is 35.5 Å². The van der Waals surface area contributed by atoms with Gasteiger partial charge in [-0.3, -0.25) is 19.2 Å². The van der Waals surface area contributed by atoms with Crippen molar-refractivity contribution in [1.29, 1.82) is 0 Å². The standard InChI is InChI=1S/C59H80N4O17/c1-34(2)56(66)76-32-75-53-47(71-8)29-42(61-49(53)55(65)63-44-18-12-14-35(3)50(37(5)78-58(44)68)80-43-16-10-9-11-17-43)28-36(4)57(67)77-33-74-52-46(70-7)24-26-60-48(52)54(64)62-45-19-13-15-41(25-27-72-30-39-20-21-39)51(38(6)79-59(45)69)73-31-40-22-23-40/h9-11,16-17,24,26,29,34-41,44-45,50-51H,12-15,18-23,25,27-28,30-33H2,1-8H3,(H,62,64)(H,63,65). The second-order valence-corrected chi connectivity index (χ2v) is 21.8. The number of ether oxygens (including phenoxy) is 11. The summed E-state index contributed by atoms with van der Waals surface area (Å²) in [6.45, 7) is 11.2. The smallest absolute Gasteiger partial charge is 0.329 e. The van der Waals surface area contributed by atoms with Crippen LogP contribution in [0.3, 0.4) is 0 Å². The van der Waals surface area contributed by atoms with Gasteiger partial charge in [-0.2, -0.15) is 0 Å². The number of hydrogen-bond donors (Lipinski definition) is 2. The van der Waals surface area contributed by atoms with Crippen molar-refractivity contribution >= 4 is 35.7 Å². The molecule has 0 bridgehead atoms. The minimum Gasteiger partial charge on any atom is -0.493 e. The minimum atomic E-state index is -1.09. The maximum Gasteiger partial charge on any atom is 0.329 e. The third-order valence-electron chi connectivity index (χ3n) is 14.8. The van der Waals surface area contributed by atoms with Crippen LogP contribution in [0.2, 0.25) is 0 Å². The monoisotopic (exact) mass is 1120 g/mol. The lowest BCUT2D eigenvalue weighted by molar-refractivity contribution is -0.161. The summed E-state index contributed by atoms with van der Waals surface area (Å²) in [6.07, 6.45) is 7.77. The third-order valence-corrected chi connectivity index (χ3v) is 14.8. The molecule has 9 atom stereocenters. The fourth-order valence-electron chi connectivity index (χ4n) is 9.77. The van der Waals surface area contributed by atoms with Crippen LogP contribution in [-0.2, 0) is 54.0 Å². The first-order valence-corrected chi connectivity index (χ1v) is 28.2. The van der Waals surface area contributed by atoms with Crippen molar-refractivity contribution in [2.24, 2.45) is 35.5 Å². The summed E-state index contributed by atoms with van der Waals surface area (Å²) in [6, 6.07) is 10.1. The zero-order valence-corrected chi connectivity index (χ0v) is 47.4. The Morgan fingerprint density at radius 1 is 0.688 bits per heavy atom. The van der Waals surface area contributed by atoms with Crippen molar-refractivity contribution in [3.05, 3.63) is 65.7 Å². The van der Waals surface area contributed by atoms with E-state index in [-0.39, 0.29) is 70.9 Å². The van der Waals surface area contributed by atoms with Gasteiger partial charge in [0.05, 0.1) is 32.2 Å². The summed E-state index contributed by atoms with van der Waals surface area (Å²) in [7, 11) is 2.71. The fraction of sp³-hybridized carbons (Fsp3) is 0.627. The molecule has 2 amide bonds. The Labute approximate surface area is 468 Å². The number of carbonyl (C=O) groups excluding carboxylic acids is 6. The minimum absolute atomic E-state index is 0.00318. The van der Waals surface area contributed by atoms with Crippen LogP contribution in [0.4, 0.5) is 0 Å². The zero-order valence-electron chi connectivity index (χ0n) is 47.4. The van der Waals surface area contributed by atoms with Gasteiger partial charge in [-0.25, -0.2) is 19.6 Å². The summed E-state index contributed by atoms with van der Waals surface area (Å²) >= 11 is 0. The molecule has 2 aromatic heterocycles. The number of nitrogens with zero attached hydrogens (tertiary/aromatic N) is 2. The van der Waals surface area contributed by atoms with Crippen LogP contribution in [0.1, 0.15) is 139 Å². The number of carbonyl (C=O) groups is 6.